The van der Waals surface area contributed by atoms with Crippen LogP contribution >= 0.6 is 0 Å². The summed E-state index contributed by atoms with van der Waals surface area (Å²) in [6.45, 7) is 1.32. The highest BCUT2D eigenvalue weighted by atomic mass is 19.1. The van der Waals surface area contributed by atoms with Gasteiger partial charge in [0.25, 0.3) is 5.91 Å². The number of nitrogens with zero attached hydrogens (tertiary/aromatic N) is 1. The van der Waals surface area contributed by atoms with Crippen LogP contribution in [0.25, 0.3) is 0 Å². The van der Waals surface area contributed by atoms with Crippen LogP contribution < -0.4 is 10.1 Å². The molecule has 1 saturated heterocycles. The molecule has 1 N–H and O–H groups in total. The van der Waals surface area contributed by atoms with Gasteiger partial charge in [0.05, 0.1) is 13.0 Å². The third-order valence-corrected chi connectivity index (χ3v) is 5.75. The van der Waals surface area contributed by atoms with Crippen molar-refractivity contribution in [3.05, 3.63) is 29.6 Å². The highest BCUT2D eigenvalue weighted by molar-refractivity contribution is 5.95. The van der Waals surface area contributed by atoms with E-state index in [4.69, 9.17) is 4.74 Å². The summed E-state index contributed by atoms with van der Waals surface area (Å²) in [5.41, 5.74) is 0.313. The van der Waals surface area contributed by atoms with Crippen LogP contribution in [0.4, 0.5) is 4.39 Å². The molecule has 5 nitrogen and oxygen atoms in total. The molecule has 0 bridgehead atoms. The number of ether oxygens (including phenoxy) is 1. The summed E-state index contributed by atoms with van der Waals surface area (Å²) in [6, 6.07) is 4.21. The van der Waals surface area contributed by atoms with Gasteiger partial charge >= 0.3 is 0 Å². The largest absolute Gasteiger partial charge is 0.494 e. The Hall–Kier alpha value is -2.11. The highest BCUT2D eigenvalue weighted by Crippen LogP contribution is 2.31. The molecule has 1 saturated carbocycles. The molecule has 2 amide bonds. The second kappa shape index (κ2) is 9.20. The molecule has 27 heavy (non-hydrogen) atoms. The Morgan fingerprint density at radius 1 is 1.15 bits per heavy atom. The molecule has 0 radical (unpaired) electrons. The fourth-order valence-electron chi connectivity index (χ4n) is 4.28. The third-order valence-electron chi connectivity index (χ3n) is 5.75. The Morgan fingerprint density at radius 2 is 1.93 bits per heavy atom. The van der Waals surface area contributed by atoms with Crippen molar-refractivity contribution in [1.82, 2.24) is 10.2 Å². The maximum absolute atomic E-state index is 14.1. The van der Waals surface area contributed by atoms with Gasteiger partial charge in [-0.25, -0.2) is 4.39 Å². The smallest absolute Gasteiger partial charge is 0.254 e. The number of amides is 2. The second-order valence-electron chi connectivity index (χ2n) is 7.51. The first-order valence-corrected chi connectivity index (χ1v) is 10.0. The minimum absolute atomic E-state index is 0.0558. The lowest BCUT2D eigenvalue weighted by Crippen LogP contribution is -2.51. The van der Waals surface area contributed by atoms with Crippen molar-refractivity contribution >= 4 is 11.8 Å². The van der Waals surface area contributed by atoms with Gasteiger partial charge in [-0.2, -0.15) is 0 Å². The van der Waals surface area contributed by atoms with Gasteiger partial charge in [0.2, 0.25) is 5.91 Å². The van der Waals surface area contributed by atoms with Crippen molar-refractivity contribution in [1.29, 1.82) is 0 Å². The van der Waals surface area contributed by atoms with Crippen LogP contribution in [0, 0.1) is 11.7 Å². The summed E-state index contributed by atoms with van der Waals surface area (Å²) in [6.07, 6.45) is 7.58. The normalized spacial score (nSPS) is 24.4. The predicted octanol–water partition coefficient (Wildman–Crippen LogP) is 3.53. The highest BCUT2D eigenvalue weighted by Gasteiger charge is 2.37. The quantitative estimate of drug-likeness (QED) is 0.859. The first-order chi connectivity index (χ1) is 13.1. The lowest BCUT2D eigenvalue weighted by molar-refractivity contribution is -0.128. The molecule has 1 aliphatic carbocycles. The number of benzene rings is 1. The van der Waals surface area contributed by atoms with Crippen LogP contribution in [-0.2, 0) is 4.79 Å². The molecule has 1 heterocycles. The summed E-state index contributed by atoms with van der Waals surface area (Å²) < 4.78 is 19.1. The van der Waals surface area contributed by atoms with Crippen LogP contribution in [0.1, 0.15) is 61.7 Å². The standard InChI is InChI=1S/C21H29FN2O3/c1-27-19-11-10-15(14-17(19)22)21(26)24-13-7-3-2-6-12-23-20(25)16-8-4-5-9-18(16)24/h10-11,14,16,18H,2-9,12-13H2,1H3,(H,23,25). The van der Waals surface area contributed by atoms with Gasteiger partial charge < -0.3 is 15.0 Å². The number of methoxy groups -OCH3 is 1. The van der Waals surface area contributed by atoms with Crippen molar-refractivity contribution in [2.75, 3.05) is 20.2 Å². The maximum Gasteiger partial charge on any atom is 0.254 e. The van der Waals surface area contributed by atoms with E-state index in [1.54, 1.807) is 6.07 Å². The third kappa shape index (κ3) is 4.60. The van der Waals surface area contributed by atoms with E-state index in [1.807, 2.05) is 4.90 Å². The van der Waals surface area contributed by atoms with E-state index in [2.05, 4.69) is 5.32 Å². The molecule has 3 rings (SSSR count). The van der Waals surface area contributed by atoms with E-state index < -0.39 is 5.82 Å². The lowest BCUT2D eigenvalue weighted by atomic mass is 9.82. The average Bonchev–Trinajstić information content (AvgIpc) is 2.72. The number of nitrogens with one attached hydrogen (secondary N) is 1. The SMILES string of the molecule is COc1ccc(C(=O)N2CCCCCCNC(=O)C3CCCCC32)cc1F. The Balaban J connectivity index is 1.88. The number of carbonyl (C=O) groups excluding carboxylic acids is 2. The minimum Gasteiger partial charge on any atom is -0.494 e. The fourth-order valence-corrected chi connectivity index (χ4v) is 4.28. The number of rotatable bonds is 2. The van der Waals surface area contributed by atoms with Crippen LogP contribution in [0.2, 0.25) is 0 Å². The Labute approximate surface area is 160 Å². The van der Waals surface area contributed by atoms with Gasteiger partial charge in [-0.15, -0.1) is 0 Å². The van der Waals surface area contributed by atoms with E-state index in [0.717, 1.165) is 51.4 Å². The number of halogens is 1. The summed E-state index contributed by atoms with van der Waals surface area (Å²) in [5, 5.41) is 3.05. The monoisotopic (exact) mass is 376 g/mol. The zero-order chi connectivity index (χ0) is 19.2. The first kappa shape index (κ1) is 19.6. The Bertz CT molecular complexity index is 679. The van der Waals surface area contributed by atoms with Crippen molar-refractivity contribution in [3.63, 3.8) is 0 Å². The van der Waals surface area contributed by atoms with Crippen molar-refractivity contribution in [3.8, 4) is 5.75 Å². The van der Waals surface area contributed by atoms with Gasteiger partial charge in [0, 0.05) is 24.7 Å². The molecule has 148 valence electrons. The topological polar surface area (TPSA) is 58.6 Å². The van der Waals surface area contributed by atoms with E-state index in [9.17, 15) is 14.0 Å². The molecule has 1 aromatic carbocycles. The van der Waals surface area contributed by atoms with E-state index in [-0.39, 0.29) is 29.5 Å². The van der Waals surface area contributed by atoms with Gasteiger partial charge in [-0.05, 0) is 43.9 Å². The van der Waals surface area contributed by atoms with Gasteiger partial charge in [-0.1, -0.05) is 25.7 Å². The molecule has 0 spiro atoms. The second-order valence-corrected chi connectivity index (χ2v) is 7.51. The fraction of sp³-hybridized carbons (Fsp3) is 0.619. The van der Waals surface area contributed by atoms with Crippen molar-refractivity contribution in [2.45, 2.75) is 57.4 Å². The number of fused-ring (bicyclic) bond motifs is 1. The molecular formula is C21H29FN2O3. The average molecular weight is 376 g/mol. The molecule has 2 aliphatic rings. The van der Waals surface area contributed by atoms with Crippen molar-refractivity contribution in [2.24, 2.45) is 5.92 Å². The zero-order valence-corrected chi connectivity index (χ0v) is 16.0. The van der Waals surface area contributed by atoms with Crippen LogP contribution in [0.5, 0.6) is 5.75 Å². The molecule has 1 aromatic rings. The summed E-state index contributed by atoms with van der Waals surface area (Å²) in [4.78, 5) is 27.8. The van der Waals surface area contributed by atoms with E-state index >= 15 is 0 Å². The van der Waals surface area contributed by atoms with Crippen molar-refractivity contribution < 1.29 is 18.7 Å². The maximum atomic E-state index is 14.1. The zero-order valence-electron chi connectivity index (χ0n) is 16.0. The number of hydrogen-bond donors (Lipinski definition) is 1. The Kier molecular flexibility index (Phi) is 6.69. The van der Waals surface area contributed by atoms with Gasteiger partial charge in [0.15, 0.2) is 11.6 Å². The van der Waals surface area contributed by atoms with Crippen LogP contribution in [-0.4, -0.2) is 43.0 Å². The lowest BCUT2D eigenvalue weighted by Gasteiger charge is -2.39. The van der Waals surface area contributed by atoms with Gasteiger partial charge in [0.1, 0.15) is 0 Å². The van der Waals surface area contributed by atoms with E-state index in [1.165, 1.54) is 19.2 Å². The summed E-state index contributed by atoms with van der Waals surface area (Å²) in [7, 11) is 1.40. The van der Waals surface area contributed by atoms with Crippen LogP contribution in [0.3, 0.4) is 0 Å². The molecule has 2 fully saturated rings. The molecule has 6 heteroatoms. The summed E-state index contributed by atoms with van der Waals surface area (Å²) >= 11 is 0. The van der Waals surface area contributed by atoms with Gasteiger partial charge in [-0.3, -0.25) is 9.59 Å². The number of carbonyl (C=O) groups is 2. The minimum atomic E-state index is -0.542. The molecule has 2 unspecified atom stereocenters. The molecule has 2 atom stereocenters. The predicted molar refractivity (Wildman–Crippen MR) is 101 cm³/mol. The summed E-state index contributed by atoms with van der Waals surface area (Å²) in [5.74, 6) is -0.734. The first-order valence-electron chi connectivity index (χ1n) is 10.0. The Morgan fingerprint density at radius 3 is 2.70 bits per heavy atom. The number of hydrogen-bond acceptors (Lipinski definition) is 3. The van der Waals surface area contributed by atoms with Crippen LogP contribution in [0.15, 0.2) is 18.2 Å². The molecule has 0 aromatic heterocycles. The molecule has 1 aliphatic heterocycles. The van der Waals surface area contributed by atoms with E-state index in [0.29, 0.717) is 18.7 Å². The molecular weight excluding hydrogens is 347 g/mol.